The Morgan fingerprint density at radius 1 is 1.03 bits per heavy atom. The van der Waals surface area contributed by atoms with Crippen molar-refractivity contribution in [3.8, 4) is 17.2 Å². The zero-order valence-corrected chi connectivity index (χ0v) is 18.2. The smallest absolute Gasteiger partial charge is 0.231 e. The number of fused-ring (bicyclic) bond motifs is 1. The molecule has 0 aromatic heterocycles. The highest BCUT2D eigenvalue weighted by Crippen LogP contribution is 2.32. The number of ether oxygens (including phenoxy) is 3. The molecule has 1 atom stereocenters. The van der Waals surface area contributed by atoms with Gasteiger partial charge < -0.3 is 29.7 Å². The van der Waals surface area contributed by atoms with Crippen molar-refractivity contribution in [3.05, 3.63) is 53.6 Å². The Bertz CT molecular complexity index is 853. The zero-order chi connectivity index (χ0) is 20.8. The fourth-order valence-electron chi connectivity index (χ4n) is 4.18. The summed E-state index contributed by atoms with van der Waals surface area (Å²) >= 11 is 5.55. The molecule has 160 valence electrons. The van der Waals surface area contributed by atoms with Crippen LogP contribution >= 0.6 is 12.2 Å². The molecule has 30 heavy (non-hydrogen) atoms. The summed E-state index contributed by atoms with van der Waals surface area (Å²) in [6, 6.07) is 14.8. The normalized spacial score (nSPS) is 16.7. The molecule has 2 aliphatic rings. The summed E-state index contributed by atoms with van der Waals surface area (Å²) in [7, 11) is 1.70. The van der Waals surface area contributed by atoms with Gasteiger partial charge in [-0.25, -0.2) is 0 Å². The summed E-state index contributed by atoms with van der Waals surface area (Å²) in [4.78, 5) is 1.62. The summed E-state index contributed by atoms with van der Waals surface area (Å²) in [5, 5.41) is 7.42. The summed E-state index contributed by atoms with van der Waals surface area (Å²) < 4.78 is 16.1. The van der Waals surface area contributed by atoms with Crippen molar-refractivity contribution in [2.45, 2.75) is 31.8 Å². The van der Waals surface area contributed by atoms with E-state index in [1.54, 1.807) is 12.0 Å². The van der Waals surface area contributed by atoms with Gasteiger partial charge in [-0.2, -0.15) is 0 Å². The van der Waals surface area contributed by atoms with Gasteiger partial charge in [0.15, 0.2) is 16.6 Å². The van der Waals surface area contributed by atoms with Crippen LogP contribution < -0.4 is 29.7 Å². The lowest BCUT2D eigenvalue weighted by molar-refractivity contribution is -0.934. The predicted octanol–water partition coefficient (Wildman–Crippen LogP) is 2.20. The maximum absolute atomic E-state index is 5.55. The van der Waals surface area contributed by atoms with Gasteiger partial charge in [-0.15, -0.1) is 0 Å². The molecule has 0 aliphatic carbocycles. The first-order valence-corrected chi connectivity index (χ1v) is 11.0. The standard InChI is InChI=1S/C23H29N3O3S/c1-27-19-8-6-18(7-9-19)20(26-11-3-2-4-12-26)15-25-23(30)24-14-17-5-10-21-22(13-17)29-16-28-21/h5-10,13,20H,2-4,11-12,14-16H2,1H3,(H2,24,25,30)/p+1/t20-/m1/s1. The molecule has 0 saturated carbocycles. The van der Waals surface area contributed by atoms with E-state index in [9.17, 15) is 0 Å². The number of quaternary nitrogens is 1. The van der Waals surface area contributed by atoms with Crippen LogP contribution in [-0.2, 0) is 6.54 Å². The van der Waals surface area contributed by atoms with E-state index in [0.717, 1.165) is 29.4 Å². The number of hydrogen-bond donors (Lipinski definition) is 3. The molecule has 0 amide bonds. The molecule has 6 nitrogen and oxygen atoms in total. The van der Waals surface area contributed by atoms with Gasteiger partial charge >= 0.3 is 0 Å². The third-order valence-electron chi connectivity index (χ3n) is 5.86. The number of nitrogens with one attached hydrogen (secondary N) is 3. The summed E-state index contributed by atoms with van der Waals surface area (Å²) in [5.41, 5.74) is 2.43. The van der Waals surface area contributed by atoms with Gasteiger partial charge in [0.05, 0.1) is 26.7 Å². The van der Waals surface area contributed by atoms with Crippen LogP contribution in [0.15, 0.2) is 42.5 Å². The van der Waals surface area contributed by atoms with Crippen LogP contribution in [0.25, 0.3) is 0 Å². The second-order valence-corrected chi connectivity index (χ2v) is 8.20. The van der Waals surface area contributed by atoms with Crippen molar-refractivity contribution in [2.75, 3.05) is 33.5 Å². The van der Waals surface area contributed by atoms with Crippen LogP contribution in [0.1, 0.15) is 36.4 Å². The molecule has 0 spiro atoms. The lowest BCUT2D eigenvalue weighted by Gasteiger charge is -2.32. The van der Waals surface area contributed by atoms with E-state index in [1.165, 1.54) is 37.9 Å². The number of methoxy groups -OCH3 is 1. The summed E-state index contributed by atoms with van der Waals surface area (Å²) in [6.07, 6.45) is 3.91. The molecule has 0 radical (unpaired) electrons. The highest BCUT2D eigenvalue weighted by atomic mass is 32.1. The Balaban J connectivity index is 1.34. The fraction of sp³-hybridized carbons (Fsp3) is 0.435. The van der Waals surface area contributed by atoms with Gasteiger partial charge in [-0.1, -0.05) is 6.07 Å². The predicted molar refractivity (Wildman–Crippen MR) is 120 cm³/mol. The quantitative estimate of drug-likeness (QED) is 0.588. The Morgan fingerprint density at radius 2 is 1.80 bits per heavy atom. The van der Waals surface area contributed by atoms with Crippen LogP contribution in [0.4, 0.5) is 0 Å². The number of piperidine rings is 1. The van der Waals surface area contributed by atoms with Crippen molar-refractivity contribution < 1.29 is 19.1 Å². The van der Waals surface area contributed by atoms with E-state index in [1.807, 2.05) is 30.3 Å². The van der Waals surface area contributed by atoms with Crippen LogP contribution in [-0.4, -0.2) is 38.6 Å². The van der Waals surface area contributed by atoms with Crippen LogP contribution in [0, 0.1) is 0 Å². The van der Waals surface area contributed by atoms with Crippen LogP contribution in [0.3, 0.4) is 0 Å². The zero-order valence-electron chi connectivity index (χ0n) is 17.4. The first-order chi connectivity index (χ1) is 14.7. The Hall–Kier alpha value is -2.51. The minimum Gasteiger partial charge on any atom is -0.497 e. The van der Waals surface area contributed by atoms with Crippen molar-refractivity contribution in [1.29, 1.82) is 0 Å². The minimum atomic E-state index is 0.289. The van der Waals surface area contributed by atoms with Crippen LogP contribution in [0.5, 0.6) is 17.2 Å². The Kier molecular flexibility index (Phi) is 6.92. The van der Waals surface area contributed by atoms with Crippen molar-refractivity contribution in [2.24, 2.45) is 0 Å². The molecular weight excluding hydrogens is 398 g/mol. The van der Waals surface area contributed by atoms with Crippen molar-refractivity contribution >= 4 is 17.3 Å². The lowest BCUT2D eigenvalue weighted by atomic mass is 10.0. The third kappa shape index (κ3) is 5.15. The molecule has 4 rings (SSSR count). The number of likely N-dealkylation sites (tertiary alicyclic amines) is 1. The van der Waals surface area contributed by atoms with Crippen molar-refractivity contribution in [3.63, 3.8) is 0 Å². The molecule has 0 bridgehead atoms. The van der Waals surface area contributed by atoms with Crippen molar-refractivity contribution in [1.82, 2.24) is 10.6 Å². The first-order valence-electron chi connectivity index (χ1n) is 10.6. The summed E-state index contributed by atoms with van der Waals surface area (Å²) in [6.45, 7) is 4.14. The second-order valence-electron chi connectivity index (χ2n) is 7.80. The molecule has 2 aromatic rings. The molecule has 3 N–H and O–H groups in total. The molecule has 1 fully saturated rings. The molecule has 2 aromatic carbocycles. The van der Waals surface area contributed by atoms with E-state index in [0.29, 0.717) is 17.7 Å². The van der Waals surface area contributed by atoms with E-state index in [4.69, 9.17) is 26.4 Å². The number of benzene rings is 2. The van der Waals surface area contributed by atoms with E-state index < -0.39 is 0 Å². The average molecular weight is 429 g/mol. The molecule has 1 saturated heterocycles. The highest BCUT2D eigenvalue weighted by molar-refractivity contribution is 7.80. The van der Waals surface area contributed by atoms with Gasteiger partial charge in [0.2, 0.25) is 6.79 Å². The Labute approximate surface area is 183 Å². The molecule has 0 unspecified atom stereocenters. The number of hydrogen-bond acceptors (Lipinski definition) is 4. The fourth-order valence-corrected chi connectivity index (χ4v) is 4.33. The van der Waals surface area contributed by atoms with Gasteiger partial charge in [0.25, 0.3) is 0 Å². The van der Waals surface area contributed by atoms with Gasteiger partial charge in [-0.3, -0.25) is 0 Å². The van der Waals surface area contributed by atoms with Gasteiger partial charge in [0.1, 0.15) is 11.8 Å². The molecule has 2 heterocycles. The molecule has 7 heteroatoms. The topological polar surface area (TPSA) is 56.2 Å². The maximum atomic E-state index is 5.55. The SMILES string of the molecule is COc1ccc([C@@H](CNC(=S)NCc2ccc3c(c2)OCO3)[NH+]2CCCCC2)cc1. The molecular formula is C23H30N3O3S+. The molecule has 2 aliphatic heterocycles. The van der Waals surface area contributed by atoms with Gasteiger partial charge in [-0.05, 0) is 73.4 Å². The van der Waals surface area contributed by atoms with E-state index in [-0.39, 0.29) is 6.79 Å². The monoisotopic (exact) mass is 428 g/mol. The number of rotatable bonds is 7. The van der Waals surface area contributed by atoms with Gasteiger partial charge in [0, 0.05) is 12.1 Å². The average Bonchev–Trinajstić information content (AvgIpc) is 3.27. The number of thiocarbonyl (C=S) groups is 1. The summed E-state index contributed by atoms with van der Waals surface area (Å²) in [5.74, 6) is 2.48. The largest absolute Gasteiger partial charge is 0.497 e. The Morgan fingerprint density at radius 3 is 2.57 bits per heavy atom. The van der Waals surface area contributed by atoms with Crippen LogP contribution in [0.2, 0.25) is 0 Å². The lowest BCUT2D eigenvalue weighted by Crippen LogP contribution is -3.13. The highest BCUT2D eigenvalue weighted by Gasteiger charge is 2.26. The van der Waals surface area contributed by atoms with E-state index >= 15 is 0 Å². The first kappa shape index (κ1) is 20.8. The third-order valence-corrected chi connectivity index (χ3v) is 6.15. The van der Waals surface area contributed by atoms with E-state index in [2.05, 4.69) is 22.8 Å². The minimum absolute atomic E-state index is 0.289. The maximum Gasteiger partial charge on any atom is 0.231 e. The second kappa shape index (κ2) is 10.00.